The number of hydrogen-bond acceptors (Lipinski definition) is 12. The van der Waals surface area contributed by atoms with Crippen LogP contribution in [0.15, 0.2) is 42.2 Å². The molecule has 38 heavy (non-hydrogen) atoms. The third kappa shape index (κ3) is 7.94. The van der Waals surface area contributed by atoms with Crippen LogP contribution in [-0.2, 0) is 30.2 Å². The van der Waals surface area contributed by atoms with Crippen molar-refractivity contribution in [1.82, 2.24) is 0 Å². The molecule has 0 aliphatic rings. The van der Waals surface area contributed by atoms with Gasteiger partial charge < -0.3 is 19.3 Å². The summed E-state index contributed by atoms with van der Waals surface area (Å²) in [6, 6.07) is 7.30. The van der Waals surface area contributed by atoms with Crippen LogP contribution in [0.4, 0.5) is 11.4 Å². The maximum absolute atomic E-state index is 11.6. The van der Waals surface area contributed by atoms with Crippen molar-refractivity contribution in [3.05, 3.63) is 84.6 Å². The molecule has 0 saturated carbocycles. The zero-order valence-corrected chi connectivity index (χ0v) is 21.0. The van der Waals surface area contributed by atoms with Crippen LogP contribution in [0.3, 0.4) is 0 Å². The standard InChI is InChI=1S/C13H13NO7.C11H11NO5/c1-7(15)11(13(17)21-3)9-5-4-8(12(16)20-2)6-10(9)14(18)19;1-7(13)5-8-3-4-9(11(14)17-2)6-10(8)12(15)16/h4-6,15H,1-3H3;3-4,6H,5H2,1-2H3/b11-7-;. The summed E-state index contributed by atoms with van der Waals surface area (Å²) in [5, 5.41) is 31.5. The highest BCUT2D eigenvalue weighted by molar-refractivity contribution is 6.18. The van der Waals surface area contributed by atoms with E-state index in [-0.39, 0.29) is 45.7 Å². The lowest BCUT2D eigenvalue weighted by molar-refractivity contribution is -0.385. The van der Waals surface area contributed by atoms with Crippen molar-refractivity contribution in [3.8, 4) is 0 Å². The summed E-state index contributed by atoms with van der Waals surface area (Å²) in [7, 11) is 3.41. The van der Waals surface area contributed by atoms with Crippen molar-refractivity contribution in [2.24, 2.45) is 0 Å². The van der Waals surface area contributed by atoms with Crippen molar-refractivity contribution in [2.75, 3.05) is 21.3 Å². The molecule has 0 radical (unpaired) electrons. The molecule has 0 atom stereocenters. The van der Waals surface area contributed by atoms with Crippen molar-refractivity contribution >= 4 is 40.6 Å². The highest BCUT2D eigenvalue weighted by Crippen LogP contribution is 2.30. The zero-order chi connectivity index (χ0) is 29.2. The lowest BCUT2D eigenvalue weighted by Gasteiger charge is -2.08. The van der Waals surface area contributed by atoms with Gasteiger partial charge in [-0.05, 0) is 32.0 Å². The van der Waals surface area contributed by atoms with E-state index in [2.05, 4.69) is 14.2 Å². The van der Waals surface area contributed by atoms with Gasteiger partial charge in [-0.25, -0.2) is 14.4 Å². The molecule has 0 aliphatic heterocycles. The molecule has 1 N–H and O–H groups in total. The minimum absolute atomic E-state index is 0.0300. The lowest BCUT2D eigenvalue weighted by atomic mass is 10.0. The van der Waals surface area contributed by atoms with E-state index in [1.807, 2.05) is 0 Å². The third-order valence-corrected chi connectivity index (χ3v) is 4.78. The lowest BCUT2D eigenvalue weighted by Crippen LogP contribution is -2.10. The number of aliphatic hydroxyl groups is 1. The average Bonchev–Trinajstić information content (AvgIpc) is 2.87. The second-order valence-electron chi connectivity index (χ2n) is 7.40. The summed E-state index contributed by atoms with van der Waals surface area (Å²) in [6.45, 7) is 2.54. The Morgan fingerprint density at radius 3 is 1.66 bits per heavy atom. The van der Waals surface area contributed by atoms with Gasteiger partial charge in [-0.2, -0.15) is 0 Å². The Hall–Kier alpha value is -5.14. The van der Waals surface area contributed by atoms with Crippen LogP contribution < -0.4 is 0 Å². The van der Waals surface area contributed by atoms with Gasteiger partial charge in [-0.3, -0.25) is 25.0 Å². The van der Waals surface area contributed by atoms with Crippen LogP contribution >= 0.6 is 0 Å². The molecule has 14 heteroatoms. The van der Waals surface area contributed by atoms with E-state index in [9.17, 15) is 44.5 Å². The van der Waals surface area contributed by atoms with Crippen LogP contribution in [0.5, 0.6) is 0 Å². The minimum Gasteiger partial charge on any atom is -0.512 e. The first-order valence-corrected chi connectivity index (χ1v) is 10.5. The largest absolute Gasteiger partial charge is 0.512 e. The Morgan fingerprint density at radius 1 is 0.789 bits per heavy atom. The molecule has 0 amide bonds. The topological polar surface area (TPSA) is 202 Å². The van der Waals surface area contributed by atoms with Gasteiger partial charge in [0.2, 0.25) is 0 Å². The number of nitro benzene ring substituents is 2. The van der Waals surface area contributed by atoms with Crippen LogP contribution in [0.1, 0.15) is 45.7 Å². The van der Waals surface area contributed by atoms with E-state index >= 15 is 0 Å². The zero-order valence-electron chi connectivity index (χ0n) is 21.0. The number of Topliss-reactive ketones (excluding diaryl/α,β-unsaturated/α-hetero) is 1. The van der Waals surface area contributed by atoms with E-state index in [4.69, 9.17) is 0 Å². The number of aliphatic hydroxyl groups excluding tert-OH is 1. The quantitative estimate of drug-likeness (QED) is 0.130. The number of benzene rings is 2. The van der Waals surface area contributed by atoms with Gasteiger partial charge in [0.1, 0.15) is 17.1 Å². The molecular weight excluding hydrogens is 508 g/mol. The summed E-state index contributed by atoms with van der Waals surface area (Å²) >= 11 is 0. The number of carbonyl (C=O) groups is 4. The average molecular weight is 532 g/mol. The predicted molar refractivity (Wildman–Crippen MR) is 130 cm³/mol. The van der Waals surface area contributed by atoms with E-state index in [1.54, 1.807) is 0 Å². The van der Waals surface area contributed by atoms with Gasteiger partial charge in [0.25, 0.3) is 11.4 Å². The monoisotopic (exact) mass is 532 g/mol. The Labute approximate surface area is 215 Å². The number of ketones is 1. The summed E-state index contributed by atoms with van der Waals surface area (Å²) in [4.78, 5) is 65.7. The number of methoxy groups -OCH3 is 3. The molecule has 0 spiro atoms. The molecule has 2 aromatic rings. The number of nitrogens with zero attached hydrogens (tertiary/aromatic N) is 2. The van der Waals surface area contributed by atoms with Gasteiger partial charge in [-0.15, -0.1) is 0 Å². The smallest absolute Gasteiger partial charge is 0.342 e. The summed E-state index contributed by atoms with van der Waals surface area (Å²) < 4.78 is 13.4. The van der Waals surface area contributed by atoms with Gasteiger partial charge >= 0.3 is 17.9 Å². The van der Waals surface area contributed by atoms with E-state index in [0.717, 1.165) is 26.4 Å². The SMILES string of the molecule is COC(=O)/C(=C(/C)O)c1ccc(C(=O)OC)cc1[N+](=O)[O-].COC(=O)c1ccc(CC(C)=O)c([N+](=O)[O-])c1. The van der Waals surface area contributed by atoms with Crippen molar-refractivity contribution in [2.45, 2.75) is 20.3 Å². The third-order valence-electron chi connectivity index (χ3n) is 4.78. The van der Waals surface area contributed by atoms with Crippen LogP contribution in [0, 0.1) is 20.2 Å². The Kier molecular flexibility index (Phi) is 11.2. The van der Waals surface area contributed by atoms with Crippen molar-refractivity contribution in [3.63, 3.8) is 0 Å². The fourth-order valence-electron chi connectivity index (χ4n) is 3.09. The minimum atomic E-state index is -0.927. The molecule has 2 rings (SSSR count). The van der Waals surface area contributed by atoms with Crippen molar-refractivity contribution < 1.29 is 48.3 Å². The van der Waals surface area contributed by atoms with Crippen LogP contribution in [0.2, 0.25) is 0 Å². The second-order valence-corrected chi connectivity index (χ2v) is 7.40. The van der Waals surface area contributed by atoms with E-state index < -0.39 is 39.2 Å². The van der Waals surface area contributed by atoms with Crippen LogP contribution in [0.25, 0.3) is 5.57 Å². The molecule has 0 aromatic heterocycles. The van der Waals surface area contributed by atoms with Gasteiger partial charge in [0.15, 0.2) is 0 Å². The fourth-order valence-corrected chi connectivity index (χ4v) is 3.09. The highest BCUT2D eigenvalue weighted by Gasteiger charge is 2.26. The molecule has 0 fully saturated rings. The highest BCUT2D eigenvalue weighted by atomic mass is 16.6. The molecule has 0 saturated heterocycles. The molecule has 202 valence electrons. The van der Waals surface area contributed by atoms with Crippen molar-refractivity contribution in [1.29, 1.82) is 0 Å². The number of allylic oxidation sites excluding steroid dienone is 1. The normalized spacial score (nSPS) is 10.7. The molecule has 2 aromatic carbocycles. The van der Waals surface area contributed by atoms with Crippen LogP contribution in [-0.4, -0.2) is 60.0 Å². The first-order valence-electron chi connectivity index (χ1n) is 10.5. The van der Waals surface area contributed by atoms with Gasteiger partial charge in [0, 0.05) is 24.1 Å². The Balaban J connectivity index is 0.000000389. The van der Waals surface area contributed by atoms with E-state index in [0.29, 0.717) is 0 Å². The van der Waals surface area contributed by atoms with Gasteiger partial charge in [0.05, 0.1) is 47.9 Å². The maximum Gasteiger partial charge on any atom is 0.342 e. The number of esters is 3. The number of nitro groups is 2. The number of carbonyl (C=O) groups excluding carboxylic acids is 4. The number of ether oxygens (including phenoxy) is 3. The molecule has 0 heterocycles. The first-order chi connectivity index (χ1) is 17.8. The number of rotatable bonds is 8. The first kappa shape index (κ1) is 30.9. The molecule has 0 bridgehead atoms. The fraction of sp³-hybridized carbons (Fsp3) is 0.250. The summed E-state index contributed by atoms with van der Waals surface area (Å²) in [6.07, 6.45) is -0.0300. The molecular formula is C24H24N2O12. The Morgan fingerprint density at radius 2 is 1.26 bits per heavy atom. The maximum atomic E-state index is 11.6. The van der Waals surface area contributed by atoms with E-state index in [1.165, 1.54) is 45.2 Å². The Bertz CT molecular complexity index is 1310. The summed E-state index contributed by atoms with van der Waals surface area (Å²) in [5.74, 6) is -2.95. The molecule has 0 unspecified atom stereocenters. The summed E-state index contributed by atoms with van der Waals surface area (Å²) in [5.41, 5.74) is -0.940. The predicted octanol–water partition coefficient (Wildman–Crippen LogP) is 3.36. The van der Waals surface area contributed by atoms with Gasteiger partial charge in [-0.1, -0.05) is 6.07 Å². The molecule has 0 aliphatic carbocycles. The molecule has 14 nitrogen and oxygen atoms in total. The number of hydrogen-bond donors (Lipinski definition) is 1. The second kappa shape index (κ2) is 13.8.